The van der Waals surface area contributed by atoms with Gasteiger partial charge in [0.25, 0.3) is 5.56 Å². The van der Waals surface area contributed by atoms with Gasteiger partial charge in [0.2, 0.25) is 10.7 Å². The summed E-state index contributed by atoms with van der Waals surface area (Å²) in [5.41, 5.74) is 2.53. The smallest absolute Gasteiger partial charge is 0.291 e. The van der Waals surface area contributed by atoms with Crippen LogP contribution in [0, 0.1) is 6.92 Å². The molecule has 8 heteroatoms. The quantitative estimate of drug-likeness (QED) is 0.505. The molecule has 4 rings (SSSR count). The Kier molecular flexibility index (Phi) is 4.94. The van der Waals surface area contributed by atoms with Crippen molar-refractivity contribution in [2.45, 2.75) is 6.92 Å². The molecular formula is C21H19N3O4S. The van der Waals surface area contributed by atoms with E-state index in [4.69, 9.17) is 14.2 Å². The van der Waals surface area contributed by atoms with Gasteiger partial charge in [0, 0.05) is 5.56 Å². The second-order valence-corrected chi connectivity index (χ2v) is 7.38. The van der Waals surface area contributed by atoms with Gasteiger partial charge >= 0.3 is 0 Å². The van der Waals surface area contributed by atoms with Crippen molar-refractivity contribution in [3.05, 3.63) is 62.4 Å². The lowest BCUT2D eigenvalue weighted by Gasteiger charge is -2.12. The number of aromatic nitrogens is 3. The second-order valence-electron chi connectivity index (χ2n) is 6.37. The molecule has 0 unspecified atom stereocenters. The Bertz CT molecular complexity index is 1280. The van der Waals surface area contributed by atoms with E-state index >= 15 is 0 Å². The highest BCUT2D eigenvalue weighted by Crippen LogP contribution is 2.38. The summed E-state index contributed by atoms with van der Waals surface area (Å²) in [5, 5.41) is 4.39. The zero-order valence-corrected chi connectivity index (χ0v) is 17.2. The number of fused-ring (bicyclic) bond motifs is 1. The normalized spacial score (nSPS) is 11.8. The van der Waals surface area contributed by atoms with E-state index in [0.29, 0.717) is 32.6 Å². The van der Waals surface area contributed by atoms with E-state index < -0.39 is 0 Å². The van der Waals surface area contributed by atoms with Crippen molar-refractivity contribution in [2.75, 3.05) is 21.3 Å². The Hall–Kier alpha value is -3.39. The summed E-state index contributed by atoms with van der Waals surface area (Å²) in [4.78, 5) is 17.9. The molecule has 2 aromatic carbocycles. The van der Waals surface area contributed by atoms with Gasteiger partial charge in [0.05, 0.1) is 25.9 Å². The topological polar surface area (TPSA) is 75.0 Å². The third-order valence-electron chi connectivity index (χ3n) is 4.44. The molecule has 0 bridgehead atoms. The number of nitrogens with zero attached hydrogens (tertiary/aromatic N) is 3. The summed E-state index contributed by atoms with van der Waals surface area (Å²) >= 11 is 1.28. The molecule has 0 aliphatic rings. The molecule has 2 heterocycles. The number of methoxy groups -OCH3 is 3. The van der Waals surface area contributed by atoms with Crippen LogP contribution in [0.15, 0.2) is 41.2 Å². The molecule has 0 spiro atoms. The SMILES string of the molecule is COc1cc(/C=c2\sc3nc(-c4cccc(C)c4)nn3c2=O)cc(OC)c1OC. The van der Waals surface area contributed by atoms with Gasteiger partial charge in [-0.3, -0.25) is 4.79 Å². The maximum atomic E-state index is 12.8. The second kappa shape index (κ2) is 7.56. The average molecular weight is 409 g/mol. The summed E-state index contributed by atoms with van der Waals surface area (Å²) < 4.78 is 17.9. The lowest BCUT2D eigenvalue weighted by Crippen LogP contribution is -2.23. The molecule has 4 aromatic rings. The number of benzene rings is 2. The van der Waals surface area contributed by atoms with E-state index in [0.717, 1.165) is 16.7 Å². The van der Waals surface area contributed by atoms with Gasteiger partial charge in [-0.2, -0.15) is 9.50 Å². The minimum absolute atomic E-state index is 0.217. The van der Waals surface area contributed by atoms with Crippen molar-refractivity contribution < 1.29 is 14.2 Å². The third kappa shape index (κ3) is 3.42. The largest absolute Gasteiger partial charge is 0.493 e. The molecule has 0 N–H and O–H groups in total. The standard InChI is InChI=1S/C21H19N3O4S/c1-12-6-5-7-14(8-12)19-22-21-24(23-19)20(25)17(29-21)11-13-9-15(26-2)18(28-4)16(10-13)27-3/h5-11H,1-4H3/b17-11-. The monoisotopic (exact) mass is 409 g/mol. The van der Waals surface area contributed by atoms with Crippen LogP contribution < -0.4 is 24.3 Å². The number of thiazole rings is 1. The molecule has 0 saturated carbocycles. The fraction of sp³-hybridized carbons (Fsp3) is 0.190. The zero-order chi connectivity index (χ0) is 20.5. The molecule has 2 aromatic heterocycles. The van der Waals surface area contributed by atoms with E-state index in [1.807, 2.05) is 31.2 Å². The first kappa shape index (κ1) is 18.9. The zero-order valence-electron chi connectivity index (χ0n) is 16.4. The highest BCUT2D eigenvalue weighted by Gasteiger charge is 2.14. The fourth-order valence-electron chi connectivity index (χ4n) is 3.08. The summed E-state index contributed by atoms with van der Waals surface area (Å²) in [6.45, 7) is 2.01. The number of rotatable bonds is 5. The summed E-state index contributed by atoms with van der Waals surface area (Å²) in [5.74, 6) is 2.08. The highest BCUT2D eigenvalue weighted by molar-refractivity contribution is 7.15. The van der Waals surface area contributed by atoms with Gasteiger partial charge in [0.1, 0.15) is 0 Å². The van der Waals surface area contributed by atoms with Gasteiger partial charge in [-0.15, -0.1) is 5.10 Å². The van der Waals surface area contributed by atoms with E-state index in [1.54, 1.807) is 39.5 Å². The lowest BCUT2D eigenvalue weighted by molar-refractivity contribution is 0.324. The molecule has 0 aliphatic heterocycles. The van der Waals surface area contributed by atoms with E-state index in [1.165, 1.54) is 15.9 Å². The van der Waals surface area contributed by atoms with Gasteiger partial charge in [-0.05, 0) is 36.8 Å². The minimum atomic E-state index is -0.217. The van der Waals surface area contributed by atoms with Crippen molar-refractivity contribution in [1.82, 2.24) is 14.6 Å². The van der Waals surface area contributed by atoms with Crippen LogP contribution in [0.3, 0.4) is 0 Å². The first-order chi connectivity index (χ1) is 14.0. The fourth-order valence-corrected chi connectivity index (χ4v) is 3.98. The Morgan fingerprint density at radius 1 is 1.03 bits per heavy atom. The number of ether oxygens (including phenoxy) is 3. The Morgan fingerprint density at radius 3 is 2.34 bits per heavy atom. The Balaban J connectivity index is 1.81. The van der Waals surface area contributed by atoms with Crippen LogP contribution in [0.2, 0.25) is 0 Å². The predicted molar refractivity (Wildman–Crippen MR) is 112 cm³/mol. The van der Waals surface area contributed by atoms with E-state index in [-0.39, 0.29) is 5.56 Å². The van der Waals surface area contributed by atoms with Gasteiger partial charge in [0.15, 0.2) is 17.3 Å². The van der Waals surface area contributed by atoms with Crippen LogP contribution in [0.5, 0.6) is 17.2 Å². The van der Waals surface area contributed by atoms with E-state index in [9.17, 15) is 4.79 Å². The van der Waals surface area contributed by atoms with Crippen LogP contribution in [0.1, 0.15) is 11.1 Å². The number of aryl methyl sites for hydroxylation is 1. The maximum absolute atomic E-state index is 12.8. The number of hydrogen-bond acceptors (Lipinski definition) is 7. The van der Waals surface area contributed by atoms with Crippen molar-refractivity contribution in [3.63, 3.8) is 0 Å². The molecule has 0 aliphatic carbocycles. The molecule has 0 saturated heterocycles. The first-order valence-electron chi connectivity index (χ1n) is 8.82. The summed E-state index contributed by atoms with van der Waals surface area (Å²) in [7, 11) is 4.65. The van der Waals surface area contributed by atoms with Crippen molar-refractivity contribution >= 4 is 22.4 Å². The average Bonchev–Trinajstić information content (AvgIpc) is 3.27. The molecule has 29 heavy (non-hydrogen) atoms. The van der Waals surface area contributed by atoms with Crippen LogP contribution in [0.4, 0.5) is 0 Å². The summed E-state index contributed by atoms with van der Waals surface area (Å²) in [6, 6.07) is 11.4. The molecule has 0 amide bonds. The van der Waals surface area contributed by atoms with Crippen LogP contribution in [0.25, 0.3) is 22.4 Å². The maximum Gasteiger partial charge on any atom is 0.291 e. The molecular weight excluding hydrogens is 390 g/mol. The molecule has 0 radical (unpaired) electrons. The first-order valence-corrected chi connectivity index (χ1v) is 9.64. The van der Waals surface area contributed by atoms with Crippen LogP contribution in [-0.4, -0.2) is 35.9 Å². The van der Waals surface area contributed by atoms with Crippen LogP contribution >= 0.6 is 11.3 Å². The van der Waals surface area contributed by atoms with E-state index in [2.05, 4.69) is 10.1 Å². The highest BCUT2D eigenvalue weighted by atomic mass is 32.1. The van der Waals surface area contributed by atoms with Crippen molar-refractivity contribution in [1.29, 1.82) is 0 Å². The molecule has 0 atom stereocenters. The Morgan fingerprint density at radius 2 is 1.76 bits per heavy atom. The van der Waals surface area contributed by atoms with Crippen LogP contribution in [-0.2, 0) is 0 Å². The third-order valence-corrected chi connectivity index (χ3v) is 5.40. The Labute approximate surface area is 170 Å². The van der Waals surface area contributed by atoms with Crippen molar-refractivity contribution in [3.8, 4) is 28.6 Å². The van der Waals surface area contributed by atoms with Crippen molar-refractivity contribution in [2.24, 2.45) is 0 Å². The molecule has 7 nitrogen and oxygen atoms in total. The summed E-state index contributed by atoms with van der Waals surface area (Å²) in [6.07, 6.45) is 1.76. The van der Waals surface area contributed by atoms with Gasteiger partial charge < -0.3 is 14.2 Å². The van der Waals surface area contributed by atoms with Gasteiger partial charge in [-0.25, -0.2) is 0 Å². The lowest BCUT2D eigenvalue weighted by atomic mass is 10.1. The van der Waals surface area contributed by atoms with Gasteiger partial charge in [-0.1, -0.05) is 35.1 Å². The predicted octanol–water partition coefficient (Wildman–Crippen LogP) is 2.70. The molecule has 0 fully saturated rings. The number of hydrogen-bond donors (Lipinski definition) is 0. The molecule has 148 valence electrons. The minimum Gasteiger partial charge on any atom is -0.493 e.